The zero-order chi connectivity index (χ0) is 38.6. The van der Waals surface area contributed by atoms with Crippen LogP contribution in [0.3, 0.4) is 0 Å². The lowest BCUT2D eigenvalue weighted by molar-refractivity contribution is 0.669. The Morgan fingerprint density at radius 2 is 1.02 bits per heavy atom. The average Bonchev–Trinajstić information content (AvgIpc) is 4.02. The maximum absolute atomic E-state index is 11.3. The van der Waals surface area contributed by atoms with Crippen LogP contribution in [0.2, 0.25) is 0 Å². The summed E-state index contributed by atoms with van der Waals surface area (Å²) in [7, 11) is 0. The average molecular weight is 740 g/mol. The van der Waals surface area contributed by atoms with E-state index in [1.807, 2.05) is 102 Å². The van der Waals surface area contributed by atoms with E-state index in [2.05, 4.69) is 71.3 Å². The fourth-order valence-electron chi connectivity index (χ4n) is 9.25. The summed E-state index contributed by atoms with van der Waals surface area (Å²) in [5, 5.41) is 40.6. The molecule has 8 aromatic carbocycles. The third kappa shape index (κ3) is 4.13. The smallest absolute Gasteiger partial charge is 0.145 e. The van der Waals surface area contributed by atoms with Gasteiger partial charge in [-0.1, -0.05) is 91.0 Å². The molecule has 4 aromatic heterocycles. The summed E-state index contributed by atoms with van der Waals surface area (Å²) in [5.74, 6) is 0. The molecule has 0 aliphatic rings. The fraction of sp³-hybridized carbons (Fsp3) is 0. The third-order valence-corrected chi connectivity index (χ3v) is 11.7. The van der Waals surface area contributed by atoms with Crippen molar-refractivity contribution in [3.8, 4) is 40.7 Å². The molecule has 0 fully saturated rings. The van der Waals surface area contributed by atoms with E-state index in [1.54, 1.807) is 6.07 Å². The molecule has 0 saturated carbocycles. The van der Waals surface area contributed by atoms with E-state index in [-0.39, 0.29) is 0 Å². The quantitative estimate of drug-likeness (QED) is 0.179. The van der Waals surface area contributed by atoms with Gasteiger partial charge in [0.25, 0.3) is 0 Å². The maximum Gasteiger partial charge on any atom is 0.145 e. The van der Waals surface area contributed by atoms with E-state index in [0.717, 1.165) is 87.5 Å². The summed E-state index contributed by atoms with van der Waals surface area (Å²) in [6.45, 7) is 0. The Balaban J connectivity index is 1.19. The molecule has 0 N–H and O–H groups in total. The Morgan fingerprint density at radius 3 is 1.78 bits per heavy atom. The number of furan rings is 2. The third-order valence-electron chi connectivity index (χ3n) is 11.7. The molecule has 266 valence electrons. The van der Waals surface area contributed by atoms with Gasteiger partial charge >= 0.3 is 0 Å². The standard InChI is InChI=1S/C51H25N5O2/c52-26-29-10-9-15-35(49(29)55-42-17-6-2-14-37(42)48-43(55)23-22-36-33-12-3-8-19-46(33)58-51(36)48)31-21-20-30(27-53)50(40(31)28-54)56-41-16-5-1-11-32(41)38-25-47-39(24-44(38)56)34-13-4-7-18-45(34)57-47/h1-25H. The van der Waals surface area contributed by atoms with Crippen LogP contribution in [0.4, 0.5) is 0 Å². The lowest BCUT2D eigenvalue weighted by atomic mass is 9.93. The number of fused-ring (bicyclic) bond motifs is 13. The lowest BCUT2D eigenvalue weighted by Crippen LogP contribution is -2.05. The summed E-state index contributed by atoms with van der Waals surface area (Å²) in [6, 6.07) is 57.1. The van der Waals surface area contributed by atoms with Gasteiger partial charge in [-0.25, -0.2) is 0 Å². The number of nitrogens with zero attached hydrogens (tertiary/aromatic N) is 5. The molecule has 0 saturated heterocycles. The molecule has 0 atom stereocenters. The first-order valence-corrected chi connectivity index (χ1v) is 18.9. The van der Waals surface area contributed by atoms with Crippen LogP contribution in [0.1, 0.15) is 16.7 Å². The van der Waals surface area contributed by atoms with Crippen LogP contribution in [0.5, 0.6) is 0 Å². The molecule has 0 aliphatic carbocycles. The highest BCUT2D eigenvalue weighted by molar-refractivity contribution is 6.24. The number of para-hydroxylation sites is 5. The van der Waals surface area contributed by atoms with E-state index in [9.17, 15) is 15.8 Å². The topological polar surface area (TPSA) is 108 Å². The molecule has 0 amide bonds. The molecule has 0 radical (unpaired) electrons. The second-order valence-corrected chi connectivity index (χ2v) is 14.5. The molecular weight excluding hydrogens is 715 g/mol. The van der Waals surface area contributed by atoms with Gasteiger partial charge in [-0.05, 0) is 60.7 Å². The molecule has 0 unspecified atom stereocenters. The number of hydrogen-bond donors (Lipinski definition) is 0. The minimum absolute atomic E-state index is 0.315. The molecule has 7 nitrogen and oxygen atoms in total. The monoisotopic (exact) mass is 739 g/mol. The highest BCUT2D eigenvalue weighted by atomic mass is 16.3. The number of rotatable bonds is 3. The van der Waals surface area contributed by atoms with Crippen molar-refractivity contribution in [2.24, 2.45) is 0 Å². The predicted octanol–water partition coefficient (Wildman–Crippen LogP) is 13.0. The number of hydrogen-bond acceptors (Lipinski definition) is 5. The van der Waals surface area contributed by atoms with Gasteiger partial charge in [0.2, 0.25) is 0 Å². The largest absolute Gasteiger partial charge is 0.456 e. The minimum atomic E-state index is 0.315. The molecule has 12 aromatic rings. The Kier molecular flexibility index (Phi) is 6.41. The SMILES string of the molecule is N#Cc1ccc(-c2cccc(C#N)c2-n2c3ccccc3c3c4oc5ccccc5c4ccc32)c(C#N)c1-n1c2ccccc2c2cc3oc4ccccc4c3cc21. The predicted molar refractivity (Wildman–Crippen MR) is 229 cm³/mol. The molecule has 58 heavy (non-hydrogen) atoms. The first-order valence-electron chi connectivity index (χ1n) is 18.9. The fourth-order valence-corrected chi connectivity index (χ4v) is 9.25. The van der Waals surface area contributed by atoms with Crippen molar-refractivity contribution in [2.75, 3.05) is 0 Å². The van der Waals surface area contributed by atoms with Crippen molar-refractivity contribution in [1.29, 1.82) is 15.8 Å². The van der Waals surface area contributed by atoms with Gasteiger partial charge in [-0.2, -0.15) is 15.8 Å². The maximum atomic E-state index is 11.3. The van der Waals surface area contributed by atoms with Gasteiger partial charge in [0.15, 0.2) is 0 Å². The second kappa shape index (κ2) is 11.7. The summed E-state index contributed by atoms with van der Waals surface area (Å²) in [6.07, 6.45) is 0. The Morgan fingerprint density at radius 1 is 0.379 bits per heavy atom. The highest BCUT2D eigenvalue weighted by Crippen LogP contribution is 2.45. The first kappa shape index (κ1) is 31.7. The van der Waals surface area contributed by atoms with Crippen molar-refractivity contribution < 1.29 is 8.83 Å². The van der Waals surface area contributed by atoms with E-state index < -0.39 is 0 Å². The molecule has 0 bridgehead atoms. The van der Waals surface area contributed by atoms with Crippen molar-refractivity contribution in [2.45, 2.75) is 0 Å². The van der Waals surface area contributed by atoms with Gasteiger partial charge in [-0.3, -0.25) is 0 Å². The first-order chi connectivity index (χ1) is 28.7. The van der Waals surface area contributed by atoms with E-state index >= 15 is 0 Å². The van der Waals surface area contributed by atoms with Gasteiger partial charge in [0, 0.05) is 48.8 Å². The van der Waals surface area contributed by atoms with Crippen LogP contribution in [0.25, 0.3) is 110 Å². The van der Waals surface area contributed by atoms with Gasteiger partial charge < -0.3 is 18.0 Å². The molecule has 12 rings (SSSR count). The lowest BCUT2D eigenvalue weighted by Gasteiger charge is -2.19. The highest BCUT2D eigenvalue weighted by Gasteiger charge is 2.27. The molecule has 4 heterocycles. The minimum Gasteiger partial charge on any atom is -0.456 e. The Bertz CT molecular complexity index is 3910. The molecule has 7 heteroatoms. The molecular formula is C51H25N5O2. The molecule has 0 aliphatic heterocycles. The van der Waals surface area contributed by atoms with Crippen molar-refractivity contribution in [3.05, 3.63) is 168 Å². The molecule has 0 spiro atoms. The van der Waals surface area contributed by atoms with Gasteiger partial charge in [-0.15, -0.1) is 0 Å². The van der Waals surface area contributed by atoms with Gasteiger partial charge in [0.05, 0.1) is 55.5 Å². The summed E-state index contributed by atoms with van der Waals surface area (Å²) >= 11 is 0. The number of nitriles is 3. The van der Waals surface area contributed by atoms with Crippen LogP contribution in [0, 0.1) is 34.0 Å². The van der Waals surface area contributed by atoms with Crippen molar-refractivity contribution >= 4 is 87.5 Å². The summed E-state index contributed by atoms with van der Waals surface area (Å²) < 4.78 is 17.0. The zero-order valence-electron chi connectivity index (χ0n) is 30.5. The van der Waals surface area contributed by atoms with Crippen LogP contribution in [0.15, 0.2) is 160 Å². The normalized spacial score (nSPS) is 11.7. The number of aromatic nitrogens is 2. The zero-order valence-corrected chi connectivity index (χ0v) is 30.5. The Labute approximate surface area is 329 Å². The van der Waals surface area contributed by atoms with E-state index in [0.29, 0.717) is 39.2 Å². The van der Waals surface area contributed by atoms with E-state index in [1.165, 1.54) is 0 Å². The van der Waals surface area contributed by atoms with Gasteiger partial charge in [0.1, 0.15) is 40.5 Å². The van der Waals surface area contributed by atoms with Crippen LogP contribution in [-0.4, -0.2) is 9.13 Å². The van der Waals surface area contributed by atoms with Crippen LogP contribution >= 0.6 is 0 Å². The summed E-state index contributed by atoms with van der Waals surface area (Å²) in [5.41, 5.74) is 10.0. The van der Waals surface area contributed by atoms with Crippen molar-refractivity contribution in [1.82, 2.24) is 9.13 Å². The second-order valence-electron chi connectivity index (χ2n) is 14.5. The summed E-state index contributed by atoms with van der Waals surface area (Å²) in [4.78, 5) is 0. The van der Waals surface area contributed by atoms with Crippen LogP contribution in [-0.2, 0) is 0 Å². The van der Waals surface area contributed by atoms with E-state index in [4.69, 9.17) is 8.83 Å². The van der Waals surface area contributed by atoms with Crippen LogP contribution < -0.4 is 0 Å². The number of benzene rings is 8. The van der Waals surface area contributed by atoms with Crippen molar-refractivity contribution in [3.63, 3.8) is 0 Å². The Hall–Kier alpha value is -8.57.